The predicted octanol–water partition coefficient (Wildman–Crippen LogP) is 13.5. The number of phosphoric acid groups is 1. The summed E-state index contributed by atoms with van der Waals surface area (Å²) in [5.74, 6) is -0.594. The second-order valence-electron chi connectivity index (χ2n) is 15.0. The second kappa shape index (κ2) is 46.2. The van der Waals surface area contributed by atoms with Crippen LogP contribution in [0.1, 0.15) is 168 Å². The Hall–Kier alpha value is -3.33. The molecule has 346 valence electrons. The number of aliphatic hydroxyl groups is 1. The minimum Gasteiger partial charge on any atom is -0.463 e. The summed E-state index contributed by atoms with van der Waals surface area (Å²) in [7, 11) is -4.45. The molecule has 2 unspecified atom stereocenters. The molecule has 61 heavy (non-hydrogen) atoms. The number of amides is 1. The standard InChI is InChI=1S/C51H84NO8P/c1-3-5-7-9-11-13-15-17-19-21-22-23-24-25-26-28-29-31-33-35-37-39-41-43-50(54)52-45-46-59-61(56,57)60-48-49(53)47-58-51(55)44-42-40-38-36-34-32-30-27-20-18-16-14-12-10-8-6-4-2/h5,7,11-14,17-20,22-23,25-26,29,31,35,37,49,53H,3-4,6,8-10,15-16,21,24,27-28,30,32-34,36,38-48H2,1-2H3,(H,52,54)(H,56,57)/b7-5-,13-11-,14-12-,19-17-,20-18-,23-22-,26-25-,31-29-,37-35-. The molecule has 0 rings (SSSR count). The molecule has 0 bridgehead atoms. The lowest BCUT2D eigenvalue weighted by Crippen LogP contribution is -2.27. The van der Waals surface area contributed by atoms with Gasteiger partial charge in [-0.25, -0.2) is 4.57 Å². The third kappa shape index (κ3) is 47.6. The van der Waals surface area contributed by atoms with Crippen molar-refractivity contribution in [3.63, 3.8) is 0 Å². The van der Waals surface area contributed by atoms with Crippen LogP contribution in [-0.2, 0) is 27.9 Å². The van der Waals surface area contributed by atoms with Crippen LogP contribution in [0.25, 0.3) is 0 Å². The van der Waals surface area contributed by atoms with Gasteiger partial charge in [-0.1, -0.05) is 168 Å². The van der Waals surface area contributed by atoms with Crippen molar-refractivity contribution in [1.82, 2.24) is 5.32 Å². The maximum absolute atomic E-state index is 12.1. The zero-order valence-corrected chi connectivity index (χ0v) is 39.0. The van der Waals surface area contributed by atoms with Gasteiger partial charge in [0.2, 0.25) is 5.91 Å². The third-order valence-electron chi connectivity index (χ3n) is 9.19. The van der Waals surface area contributed by atoms with Crippen molar-refractivity contribution in [2.45, 2.75) is 174 Å². The number of carbonyl (C=O) groups is 2. The smallest absolute Gasteiger partial charge is 0.463 e. The third-order valence-corrected chi connectivity index (χ3v) is 10.2. The van der Waals surface area contributed by atoms with Gasteiger partial charge in [0, 0.05) is 19.4 Å². The Bertz CT molecular complexity index is 1360. The van der Waals surface area contributed by atoms with Crippen molar-refractivity contribution >= 4 is 19.7 Å². The summed E-state index contributed by atoms with van der Waals surface area (Å²) in [5.41, 5.74) is 0. The molecular formula is C51H84NO8P. The fourth-order valence-electron chi connectivity index (χ4n) is 5.69. The van der Waals surface area contributed by atoms with Crippen molar-refractivity contribution in [1.29, 1.82) is 0 Å². The van der Waals surface area contributed by atoms with Gasteiger partial charge in [0.25, 0.3) is 0 Å². The molecule has 10 heteroatoms. The normalized spacial score (nSPS) is 14.2. The maximum atomic E-state index is 12.1. The van der Waals surface area contributed by atoms with E-state index in [2.05, 4.69) is 129 Å². The predicted molar refractivity (Wildman–Crippen MR) is 256 cm³/mol. The molecular weight excluding hydrogens is 786 g/mol. The Balaban J connectivity index is 3.73. The molecule has 0 radical (unpaired) electrons. The van der Waals surface area contributed by atoms with Gasteiger partial charge >= 0.3 is 13.8 Å². The van der Waals surface area contributed by atoms with E-state index >= 15 is 0 Å². The Morgan fingerprint density at radius 2 is 0.951 bits per heavy atom. The number of rotatable bonds is 42. The zero-order valence-electron chi connectivity index (χ0n) is 38.1. The van der Waals surface area contributed by atoms with Gasteiger partial charge in [0.05, 0.1) is 13.2 Å². The first kappa shape index (κ1) is 57.7. The van der Waals surface area contributed by atoms with Crippen LogP contribution >= 0.6 is 7.82 Å². The van der Waals surface area contributed by atoms with E-state index in [1.807, 2.05) is 0 Å². The lowest BCUT2D eigenvalue weighted by Gasteiger charge is -2.15. The van der Waals surface area contributed by atoms with Crippen LogP contribution in [0.2, 0.25) is 0 Å². The average Bonchev–Trinajstić information content (AvgIpc) is 3.25. The van der Waals surface area contributed by atoms with Crippen molar-refractivity contribution in [3.05, 3.63) is 109 Å². The summed E-state index contributed by atoms with van der Waals surface area (Å²) >= 11 is 0. The van der Waals surface area contributed by atoms with Crippen molar-refractivity contribution in [2.75, 3.05) is 26.4 Å². The van der Waals surface area contributed by atoms with Gasteiger partial charge in [-0.05, 0) is 96.3 Å². The number of ether oxygens (including phenoxy) is 1. The van der Waals surface area contributed by atoms with Crippen molar-refractivity contribution in [2.24, 2.45) is 0 Å². The SMILES string of the molecule is CC/C=C\C/C=C\C/C=C\C/C=C\C/C=C\C/C=C\C/C=C\CCCC(=O)NCCOP(=O)(O)OCC(O)COC(=O)CCCCCCCCC/C=C\C/C=C\CCCCC. The van der Waals surface area contributed by atoms with Gasteiger partial charge < -0.3 is 20.1 Å². The fourth-order valence-corrected chi connectivity index (χ4v) is 6.45. The van der Waals surface area contributed by atoms with Gasteiger partial charge in [-0.3, -0.25) is 18.6 Å². The molecule has 0 saturated heterocycles. The molecule has 0 aromatic carbocycles. The minimum absolute atomic E-state index is 0.0423. The fraction of sp³-hybridized carbons (Fsp3) is 0.608. The molecule has 0 aliphatic carbocycles. The number of esters is 1. The Labute approximate surface area is 371 Å². The number of unbranched alkanes of at least 4 members (excludes halogenated alkanes) is 11. The molecule has 0 aromatic rings. The number of carbonyl (C=O) groups excluding carboxylic acids is 2. The Morgan fingerprint density at radius 3 is 1.44 bits per heavy atom. The molecule has 0 aliphatic rings. The minimum atomic E-state index is -4.45. The van der Waals surface area contributed by atoms with E-state index in [-0.39, 0.29) is 32.1 Å². The van der Waals surface area contributed by atoms with E-state index in [1.54, 1.807) is 0 Å². The number of allylic oxidation sites excluding steroid dienone is 18. The lowest BCUT2D eigenvalue weighted by molar-refractivity contribution is -0.147. The lowest BCUT2D eigenvalue weighted by atomic mass is 10.1. The van der Waals surface area contributed by atoms with Crippen LogP contribution < -0.4 is 5.32 Å². The first-order valence-corrected chi connectivity index (χ1v) is 24.9. The molecule has 0 aromatic heterocycles. The molecule has 1 amide bonds. The zero-order chi connectivity index (χ0) is 44.6. The number of hydrogen-bond acceptors (Lipinski definition) is 7. The van der Waals surface area contributed by atoms with Gasteiger partial charge in [0.1, 0.15) is 12.7 Å². The van der Waals surface area contributed by atoms with Crippen LogP contribution in [0.15, 0.2) is 109 Å². The quantitative estimate of drug-likeness (QED) is 0.0239. The Morgan fingerprint density at radius 1 is 0.525 bits per heavy atom. The van der Waals surface area contributed by atoms with Gasteiger partial charge in [-0.15, -0.1) is 0 Å². The molecule has 0 aliphatic heterocycles. The average molecular weight is 870 g/mol. The van der Waals surface area contributed by atoms with E-state index in [9.17, 15) is 24.2 Å². The summed E-state index contributed by atoms with van der Waals surface area (Å²) in [5, 5.41) is 12.7. The van der Waals surface area contributed by atoms with Crippen LogP contribution in [0.3, 0.4) is 0 Å². The van der Waals surface area contributed by atoms with Crippen molar-refractivity contribution < 1.29 is 37.9 Å². The first-order chi connectivity index (χ1) is 29.8. The highest BCUT2D eigenvalue weighted by molar-refractivity contribution is 7.47. The number of aliphatic hydroxyl groups excluding tert-OH is 1. The van der Waals surface area contributed by atoms with Crippen molar-refractivity contribution in [3.8, 4) is 0 Å². The highest BCUT2D eigenvalue weighted by atomic mass is 31.2. The maximum Gasteiger partial charge on any atom is 0.472 e. The summed E-state index contributed by atoms with van der Waals surface area (Å²) in [6, 6.07) is 0. The highest BCUT2D eigenvalue weighted by Crippen LogP contribution is 2.42. The van der Waals surface area contributed by atoms with E-state index in [4.69, 9.17) is 13.8 Å². The van der Waals surface area contributed by atoms with E-state index in [0.717, 1.165) is 89.9 Å². The largest absolute Gasteiger partial charge is 0.472 e. The van der Waals surface area contributed by atoms with Crippen LogP contribution in [0.5, 0.6) is 0 Å². The summed E-state index contributed by atoms with van der Waals surface area (Å²) < 4.78 is 26.9. The van der Waals surface area contributed by atoms with Gasteiger partial charge in [0.15, 0.2) is 0 Å². The van der Waals surface area contributed by atoms with E-state index in [0.29, 0.717) is 12.8 Å². The summed E-state index contributed by atoms with van der Waals surface area (Å²) in [4.78, 5) is 34.0. The molecule has 0 saturated carbocycles. The topological polar surface area (TPSA) is 131 Å². The first-order valence-electron chi connectivity index (χ1n) is 23.4. The number of hydrogen-bond donors (Lipinski definition) is 3. The molecule has 0 heterocycles. The Kier molecular flexibility index (Phi) is 43.7. The second-order valence-corrected chi connectivity index (χ2v) is 16.4. The van der Waals surface area contributed by atoms with Gasteiger partial charge in [-0.2, -0.15) is 0 Å². The highest BCUT2D eigenvalue weighted by Gasteiger charge is 2.23. The van der Waals surface area contributed by atoms with Crippen LogP contribution in [-0.4, -0.2) is 54.3 Å². The van der Waals surface area contributed by atoms with Crippen LogP contribution in [0.4, 0.5) is 0 Å². The molecule has 0 spiro atoms. The summed E-state index contributed by atoms with van der Waals surface area (Å²) in [6.45, 7) is 3.31. The molecule has 3 N–H and O–H groups in total. The number of nitrogens with one attached hydrogen (secondary N) is 1. The molecule has 9 nitrogen and oxygen atoms in total. The monoisotopic (exact) mass is 870 g/mol. The van der Waals surface area contributed by atoms with E-state index in [1.165, 1.54) is 44.9 Å². The van der Waals surface area contributed by atoms with E-state index < -0.39 is 26.5 Å². The molecule has 2 atom stereocenters. The summed E-state index contributed by atoms with van der Waals surface area (Å²) in [6.07, 6.45) is 61.7. The van der Waals surface area contributed by atoms with Crippen LogP contribution in [0, 0.1) is 0 Å². The molecule has 0 fully saturated rings. The number of phosphoric ester groups is 1.